The van der Waals surface area contributed by atoms with E-state index in [9.17, 15) is 4.79 Å². The van der Waals surface area contributed by atoms with Crippen LogP contribution in [0.2, 0.25) is 0 Å². The average molecular weight is 128 g/mol. The van der Waals surface area contributed by atoms with E-state index in [1.54, 1.807) is 13.8 Å². The fourth-order valence-corrected chi connectivity index (χ4v) is 0.321. The normalized spacial score (nSPS) is 12.4. The van der Waals surface area contributed by atoms with E-state index in [2.05, 4.69) is 0 Å². The SMILES string of the molecule is CC(=O)/C=C/C(C)(C)O. The number of ketones is 1. The van der Waals surface area contributed by atoms with Gasteiger partial charge in [0.15, 0.2) is 5.78 Å². The fourth-order valence-electron chi connectivity index (χ4n) is 0.321. The van der Waals surface area contributed by atoms with E-state index in [4.69, 9.17) is 5.11 Å². The third-order valence-electron chi connectivity index (χ3n) is 0.726. The molecule has 0 unspecified atom stereocenters. The number of hydrogen-bond donors (Lipinski definition) is 1. The molecule has 0 radical (unpaired) electrons. The van der Waals surface area contributed by atoms with Crippen molar-refractivity contribution < 1.29 is 9.90 Å². The molecule has 0 aromatic rings. The van der Waals surface area contributed by atoms with Crippen LogP contribution in [-0.4, -0.2) is 16.5 Å². The van der Waals surface area contributed by atoms with E-state index in [1.807, 2.05) is 0 Å². The van der Waals surface area contributed by atoms with Gasteiger partial charge in [-0.1, -0.05) is 6.08 Å². The van der Waals surface area contributed by atoms with E-state index < -0.39 is 5.60 Å². The van der Waals surface area contributed by atoms with Crippen molar-refractivity contribution in [2.75, 3.05) is 0 Å². The van der Waals surface area contributed by atoms with Gasteiger partial charge >= 0.3 is 0 Å². The van der Waals surface area contributed by atoms with E-state index in [-0.39, 0.29) is 5.78 Å². The fraction of sp³-hybridized carbons (Fsp3) is 0.571. The highest BCUT2D eigenvalue weighted by molar-refractivity contribution is 5.87. The number of allylic oxidation sites excluding steroid dienone is 1. The second-order valence-electron chi connectivity index (χ2n) is 2.60. The van der Waals surface area contributed by atoms with Gasteiger partial charge in [-0.15, -0.1) is 0 Å². The maximum Gasteiger partial charge on any atom is 0.152 e. The van der Waals surface area contributed by atoms with Crippen molar-refractivity contribution in [3.63, 3.8) is 0 Å². The van der Waals surface area contributed by atoms with Crippen molar-refractivity contribution in [2.45, 2.75) is 26.4 Å². The van der Waals surface area contributed by atoms with Crippen molar-refractivity contribution in [3.05, 3.63) is 12.2 Å². The van der Waals surface area contributed by atoms with Gasteiger partial charge in [0.1, 0.15) is 0 Å². The highest BCUT2D eigenvalue weighted by Gasteiger charge is 2.05. The number of carbonyl (C=O) groups excluding carboxylic acids is 1. The number of aliphatic hydroxyl groups is 1. The van der Waals surface area contributed by atoms with Crippen molar-refractivity contribution >= 4 is 5.78 Å². The third-order valence-corrected chi connectivity index (χ3v) is 0.726. The minimum Gasteiger partial charge on any atom is -0.386 e. The summed E-state index contributed by atoms with van der Waals surface area (Å²) in [4.78, 5) is 10.3. The molecule has 0 aromatic heterocycles. The molecule has 1 N–H and O–H groups in total. The van der Waals surface area contributed by atoms with Crippen LogP contribution in [0.15, 0.2) is 12.2 Å². The lowest BCUT2D eigenvalue weighted by Crippen LogP contribution is -2.14. The molecule has 0 saturated heterocycles. The zero-order valence-corrected chi connectivity index (χ0v) is 6.01. The lowest BCUT2D eigenvalue weighted by molar-refractivity contribution is -0.112. The molecule has 0 spiro atoms. The highest BCUT2D eigenvalue weighted by atomic mass is 16.3. The number of hydrogen-bond acceptors (Lipinski definition) is 2. The van der Waals surface area contributed by atoms with E-state index in [0.29, 0.717) is 0 Å². The van der Waals surface area contributed by atoms with Gasteiger partial charge in [0.2, 0.25) is 0 Å². The van der Waals surface area contributed by atoms with Crippen molar-refractivity contribution in [3.8, 4) is 0 Å². The summed E-state index contributed by atoms with van der Waals surface area (Å²) in [5, 5.41) is 9.03. The monoisotopic (exact) mass is 128 g/mol. The number of carbonyl (C=O) groups is 1. The molecular weight excluding hydrogens is 116 g/mol. The van der Waals surface area contributed by atoms with Crippen LogP contribution in [0.4, 0.5) is 0 Å². The summed E-state index contributed by atoms with van der Waals surface area (Å²) < 4.78 is 0. The molecule has 0 amide bonds. The zero-order valence-electron chi connectivity index (χ0n) is 6.01. The van der Waals surface area contributed by atoms with Gasteiger partial charge in [-0.05, 0) is 26.8 Å². The lowest BCUT2D eigenvalue weighted by atomic mass is 10.1. The van der Waals surface area contributed by atoms with Crippen LogP contribution < -0.4 is 0 Å². The second-order valence-corrected chi connectivity index (χ2v) is 2.60. The van der Waals surface area contributed by atoms with Gasteiger partial charge in [0.25, 0.3) is 0 Å². The van der Waals surface area contributed by atoms with Crippen LogP contribution in [0, 0.1) is 0 Å². The van der Waals surface area contributed by atoms with Crippen molar-refractivity contribution in [1.82, 2.24) is 0 Å². The summed E-state index contributed by atoms with van der Waals surface area (Å²) in [6, 6.07) is 0. The first-order valence-electron chi connectivity index (χ1n) is 2.84. The largest absolute Gasteiger partial charge is 0.386 e. The van der Waals surface area contributed by atoms with E-state index in [0.717, 1.165) is 0 Å². The standard InChI is InChI=1S/C7H12O2/c1-6(8)4-5-7(2,3)9/h4-5,9H,1-3H3/b5-4+. The maximum absolute atomic E-state index is 10.3. The minimum atomic E-state index is -0.869. The van der Waals surface area contributed by atoms with E-state index >= 15 is 0 Å². The van der Waals surface area contributed by atoms with Gasteiger partial charge in [-0.2, -0.15) is 0 Å². The third kappa shape index (κ3) is 7.37. The Labute approximate surface area is 55.2 Å². The van der Waals surface area contributed by atoms with Crippen LogP contribution in [-0.2, 0) is 4.79 Å². The maximum atomic E-state index is 10.3. The molecule has 0 heterocycles. The molecule has 0 aliphatic carbocycles. The Hall–Kier alpha value is -0.630. The summed E-state index contributed by atoms with van der Waals surface area (Å²) in [6.45, 7) is 4.68. The average Bonchev–Trinajstić information content (AvgIpc) is 1.59. The van der Waals surface area contributed by atoms with Crippen LogP contribution >= 0.6 is 0 Å². The molecule has 2 nitrogen and oxygen atoms in total. The first kappa shape index (κ1) is 8.37. The molecule has 0 bridgehead atoms. The summed E-state index contributed by atoms with van der Waals surface area (Å²) in [5.41, 5.74) is -0.869. The molecule has 2 heteroatoms. The quantitative estimate of drug-likeness (QED) is 0.561. The Balaban J connectivity index is 3.86. The van der Waals surface area contributed by atoms with Gasteiger partial charge in [-0.25, -0.2) is 0 Å². The smallest absolute Gasteiger partial charge is 0.152 e. The lowest BCUT2D eigenvalue weighted by Gasteiger charge is -2.08. The van der Waals surface area contributed by atoms with Crippen LogP contribution in [0.1, 0.15) is 20.8 Å². The predicted octanol–water partition coefficient (Wildman–Crippen LogP) is 0.902. The minimum absolute atomic E-state index is 0.0443. The van der Waals surface area contributed by atoms with Crippen LogP contribution in [0.5, 0.6) is 0 Å². The summed E-state index contributed by atoms with van der Waals surface area (Å²) in [6.07, 6.45) is 2.83. The van der Waals surface area contributed by atoms with Gasteiger partial charge in [0.05, 0.1) is 5.60 Å². The van der Waals surface area contributed by atoms with E-state index in [1.165, 1.54) is 19.1 Å². The Morgan fingerprint density at radius 3 is 2.11 bits per heavy atom. The van der Waals surface area contributed by atoms with Crippen LogP contribution in [0.3, 0.4) is 0 Å². The summed E-state index contributed by atoms with van der Waals surface area (Å²) in [5.74, 6) is -0.0443. The Bertz CT molecular complexity index is 128. The number of rotatable bonds is 2. The topological polar surface area (TPSA) is 37.3 Å². The van der Waals surface area contributed by atoms with Crippen LogP contribution in [0.25, 0.3) is 0 Å². The second kappa shape index (κ2) is 2.78. The predicted molar refractivity (Wildman–Crippen MR) is 36.1 cm³/mol. The Kier molecular flexibility index (Phi) is 2.59. The highest BCUT2D eigenvalue weighted by Crippen LogP contribution is 2.01. The molecular formula is C7H12O2. The molecule has 0 rings (SSSR count). The first-order valence-corrected chi connectivity index (χ1v) is 2.84. The van der Waals surface area contributed by atoms with Crippen molar-refractivity contribution in [2.24, 2.45) is 0 Å². The van der Waals surface area contributed by atoms with Gasteiger partial charge in [-0.3, -0.25) is 4.79 Å². The molecule has 0 saturated carbocycles. The first-order chi connectivity index (χ1) is 3.92. The van der Waals surface area contributed by atoms with Gasteiger partial charge < -0.3 is 5.11 Å². The van der Waals surface area contributed by atoms with Gasteiger partial charge in [0, 0.05) is 0 Å². The molecule has 0 aliphatic rings. The van der Waals surface area contributed by atoms with Crippen molar-refractivity contribution in [1.29, 1.82) is 0 Å². The molecule has 9 heavy (non-hydrogen) atoms. The molecule has 0 aromatic carbocycles. The molecule has 52 valence electrons. The molecule has 0 atom stereocenters. The zero-order chi connectivity index (χ0) is 7.49. The Morgan fingerprint density at radius 2 is 2.00 bits per heavy atom. The summed E-state index contributed by atoms with van der Waals surface area (Å²) in [7, 11) is 0. The molecule has 0 aliphatic heterocycles. The Morgan fingerprint density at radius 1 is 1.56 bits per heavy atom. The summed E-state index contributed by atoms with van der Waals surface area (Å²) >= 11 is 0. The molecule has 0 fully saturated rings.